The molecule has 0 fully saturated rings. The molecular formula is C20H20BrFN2O2. The van der Waals surface area contributed by atoms with Crippen LogP contribution in [0.4, 0.5) is 10.2 Å². The highest BCUT2D eigenvalue weighted by atomic mass is 79.9. The molecular weight excluding hydrogens is 399 g/mol. The van der Waals surface area contributed by atoms with Crippen molar-refractivity contribution < 1.29 is 13.9 Å². The molecule has 2 aromatic carbocycles. The Kier molecular flexibility index (Phi) is 5.93. The number of fused-ring (bicyclic) bond motifs is 1. The van der Waals surface area contributed by atoms with Gasteiger partial charge in [-0.25, -0.2) is 9.37 Å². The lowest BCUT2D eigenvalue weighted by molar-refractivity contribution is 0.194. The number of hydrogen-bond donors (Lipinski definition) is 1. The number of ether oxygens (including phenoxy) is 2. The number of para-hydroxylation sites is 1. The fourth-order valence-electron chi connectivity index (χ4n) is 2.65. The number of benzene rings is 2. The van der Waals surface area contributed by atoms with Gasteiger partial charge in [-0.2, -0.15) is 0 Å². The van der Waals surface area contributed by atoms with Gasteiger partial charge in [0, 0.05) is 9.86 Å². The van der Waals surface area contributed by atoms with Crippen LogP contribution in [0.15, 0.2) is 53.0 Å². The smallest absolute Gasteiger partial charge is 0.166 e. The average molecular weight is 419 g/mol. The second-order valence-electron chi connectivity index (χ2n) is 6.06. The van der Waals surface area contributed by atoms with Crippen molar-refractivity contribution in [3.8, 4) is 11.5 Å². The molecule has 2 N–H and O–H groups in total. The van der Waals surface area contributed by atoms with Gasteiger partial charge >= 0.3 is 0 Å². The van der Waals surface area contributed by atoms with E-state index in [0.717, 1.165) is 23.7 Å². The molecule has 3 aromatic rings. The van der Waals surface area contributed by atoms with Crippen molar-refractivity contribution in [1.29, 1.82) is 0 Å². The zero-order chi connectivity index (χ0) is 18.5. The predicted octanol–water partition coefficient (Wildman–Crippen LogP) is 5.35. The molecule has 0 spiro atoms. The lowest BCUT2D eigenvalue weighted by atomic mass is 10.2. The maximum atomic E-state index is 13.7. The third-order valence-corrected chi connectivity index (χ3v) is 4.43. The molecule has 1 atom stereocenters. The van der Waals surface area contributed by atoms with Crippen molar-refractivity contribution in [2.75, 3.05) is 12.3 Å². The van der Waals surface area contributed by atoms with E-state index in [1.807, 2.05) is 31.2 Å². The topological polar surface area (TPSA) is 57.4 Å². The number of pyridine rings is 1. The Bertz CT molecular complexity index is 904. The van der Waals surface area contributed by atoms with E-state index in [0.29, 0.717) is 22.6 Å². The molecule has 0 aliphatic carbocycles. The Morgan fingerprint density at radius 2 is 2.00 bits per heavy atom. The van der Waals surface area contributed by atoms with Crippen molar-refractivity contribution in [2.24, 2.45) is 0 Å². The van der Waals surface area contributed by atoms with Crippen molar-refractivity contribution in [2.45, 2.75) is 25.9 Å². The first kappa shape index (κ1) is 18.5. The van der Waals surface area contributed by atoms with Crippen LogP contribution in [-0.2, 0) is 0 Å². The molecule has 0 aliphatic heterocycles. The van der Waals surface area contributed by atoms with Crippen molar-refractivity contribution in [3.05, 3.63) is 58.8 Å². The molecule has 0 saturated heterocycles. The fraction of sp³-hybridized carbons (Fsp3) is 0.250. The van der Waals surface area contributed by atoms with E-state index in [9.17, 15) is 4.39 Å². The normalized spacial score (nSPS) is 12.1. The maximum Gasteiger partial charge on any atom is 0.166 e. The van der Waals surface area contributed by atoms with E-state index in [2.05, 4.69) is 20.9 Å². The molecule has 136 valence electrons. The summed E-state index contributed by atoms with van der Waals surface area (Å²) < 4.78 is 25.9. The lowest BCUT2D eigenvalue weighted by Crippen LogP contribution is -2.14. The summed E-state index contributed by atoms with van der Waals surface area (Å²) in [6.45, 7) is 2.42. The van der Waals surface area contributed by atoms with E-state index in [1.54, 1.807) is 18.2 Å². The number of halogens is 2. The van der Waals surface area contributed by atoms with Gasteiger partial charge in [-0.15, -0.1) is 0 Å². The molecule has 0 radical (unpaired) electrons. The van der Waals surface area contributed by atoms with Crippen molar-refractivity contribution in [3.63, 3.8) is 0 Å². The van der Waals surface area contributed by atoms with Crippen LogP contribution in [-0.4, -0.2) is 17.7 Å². The highest BCUT2D eigenvalue weighted by Crippen LogP contribution is 2.26. The van der Waals surface area contributed by atoms with Crippen LogP contribution in [0.2, 0.25) is 0 Å². The molecule has 1 unspecified atom stereocenters. The van der Waals surface area contributed by atoms with Crippen molar-refractivity contribution >= 4 is 32.7 Å². The van der Waals surface area contributed by atoms with Gasteiger partial charge in [0.2, 0.25) is 0 Å². The third kappa shape index (κ3) is 4.64. The Balaban J connectivity index is 1.53. The molecule has 3 rings (SSSR count). The van der Waals surface area contributed by atoms with Crippen LogP contribution >= 0.6 is 15.9 Å². The second kappa shape index (κ2) is 8.36. The van der Waals surface area contributed by atoms with Crippen molar-refractivity contribution in [1.82, 2.24) is 4.98 Å². The van der Waals surface area contributed by atoms with Crippen LogP contribution < -0.4 is 15.2 Å². The monoisotopic (exact) mass is 418 g/mol. The van der Waals surface area contributed by atoms with E-state index in [4.69, 9.17) is 15.2 Å². The van der Waals surface area contributed by atoms with E-state index in [1.165, 1.54) is 6.07 Å². The van der Waals surface area contributed by atoms with Crippen LogP contribution in [0.25, 0.3) is 10.9 Å². The average Bonchev–Trinajstić information content (AvgIpc) is 2.61. The summed E-state index contributed by atoms with van der Waals surface area (Å²) in [7, 11) is 0. The molecule has 1 aromatic heterocycles. The first-order chi connectivity index (χ1) is 12.5. The van der Waals surface area contributed by atoms with Gasteiger partial charge in [0.15, 0.2) is 11.6 Å². The van der Waals surface area contributed by atoms with E-state index in [-0.39, 0.29) is 17.7 Å². The summed E-state index contributed by atoms with van der Waals surface area (Å²) in [6, 6.07) is 14.2. The quantitative estimate of drug-likeness (QED) is 0.525. The summed E-state index contributed by atoms with van der Waals surface area (Å²) >= 11 is 3.23. The molecule has 0 bridgehead atoms. The number of nitrogens with two attached hydrogens (primary N) is 1. The number of nitrogen functional groups attached to an aromatic ring is 1. The summed E-state index contributed by atoms with van der Waals surface area (Å²) in [5, 5.41) is 0.984. The first-order valence-electron chi connectivity index (χ1n) is 8.42. The van der Waals surface area contributed by atoms with Gasteiger partial charge in [-0.3, -0.25) is 0 Å². The number of anilines is 1. The highest BCUT2D eigenvalue weighted by Gasteiger charge is 2.10. The van der Waals surface area contributed by atoms with Crippen LogP contribution in [0.5, 0.6) is 11.5 Å². The number of nitrogens with zero attached hydrogens (tertiary/aromatic N) is 1. The van der Waals surface area contributed by atoms with Crippen LogP contribution in [0, 0.1) is 5.82 Å². The molecule has 26 heavy (non-hydrogen) atoms. The second-order valence-corrected chi connectivity index (χ2v) is 6.97. The Hall–Kier alpha value is -2.34. The lowest BCUT2D eigenvalue weighted by Gasteiger charge is -2.16. The van der Waals surface area contributed by atoms with Gasteiger partial charge in [0.25, 0.3) is 0 Å². The van der Waals surface area contributed by atoms with Gasteiger partial charge in [0.1, 0.15) is 17.1 Å². The standard InChI is InChI=1S/C20H20BrFN2O2/c1-13(4-3-11-25-17-9-8-15(21)12-16(17)22)26-18-6-2-5-14-7-10-19(23)24-20(14)18/h2,5-10,12-13H,3-4,11H2,1H3,(H2,23,24). The molecule has 4 nitrogen and oxygen atoms in total. The molecule has 0 aliphatic rings. The molecule has 1 heterocycles. The first-order valence-corrected chi connectivity index (χ1v) is 9.22. The third-order valence-electron chi connectivity index (χ3n) is 3.94. The molecule has 6 heteroatoms. The summed E-state index contributed by atoms with van der Waals surface area (Å²) in [6.07, 6.45) is 1.50. The predicted molar refractivity (Wildman–Crippen MR) is 105 cm³/mol. The van der Waals surface area contributed by atoms with Crippen LogP contribution in [0.3, 0.4) is 0 Å². The zero-order valence-corrected chi connectivity index (χ0v) is 16.0. The molecule has 0 amide bonds. The van der Waals surface area contributed by atoms with E-state index < -0.39 is 0 Å². The highest BCUT2D eigenvalue weighted by molar-refractivity contribution is 9.10. The molecule has 0 saturated carbocycles. The summed E-state index contributed by atoms with van der Waals surface area (Å²) in [5.41, 5.74) is 6.54. The minimum atomic E-state index is -0.372. The largest absolute Gasteiger partial charge is 0.491 e. The van der Waals surface area contributed by atoms with Gasteiger partial charge in [0.05, 0.1) is 12.7 Å². The van der Waals surface area contributed by atoms with Gasteiger partial charge < -0.3 is 15.2 Å². The Morgan fingerprint density at radius 3 is 2.81 bits per heavy atom. The van der Waals surface area contributed by atoms with Crippen LogP contribution in [0.1, 0.15) is 19.8 Å². The Morgan fingerprint density at radius 1 is 1.15 bits per heavy atom. The fourth-order valence-corrected chi connectivity index (χ4v) is 2.98. The van der Waals surface area contributed by atoms with Gasteiger partial charge in [-0.05, 0) is 56.2 Å². The number of aromatic nitrogens is 1. The SMILES string of the molecule is CC(CCCOc1ccc(Br)cc1F)Oc1cccc2ccc(N)nc12. The number of rotatable bonds is 7. The van der Waals surface area contributed by atoms with E-state index >= 15 is 0 Å². The summed E-state index contributed by atoms with van der Waals surface area (Å²) in [4.78, 5) is 4.36. The minimum Gasteiger partial charge on any atom is -0.491 e. The summed E-state index contributed by atoms with van der Waals surface area (Å²) in [5.74, 6) is 1.06. The van der Waals surface area contributed by atoms with Gasteiger partial charge in [-0.1, -0.05) is 28.1 Å². The Labute approximate surface area is 160 Å². The maximum absolute atomic E-state index is 13.7. The minimum absolute atomic E-state index is 0.0257. The number of hydrogen-bond acceptors (Lipinski definition) is 4. The zero-order valence-electron chi connectivity index (χ0n) is 14.4.